The molecule has 0 radical (unpaired) electrons. The zero-order valence-corrected chi connectivity index (χ0v) is 13.8. The summed E-state index contributed by atoms with van der Waals surface area (Å²) in [6.45, 7) is 10.7. The quantitative estimate of drug-likeness (QED) is 0.753. The Hall–Kier alpha value is -1.85. The Morgan fingerprint density at radius 3 is 2.38 bits per heavy atom. The van der Waals surface area contributed by atoms with Gasteiger partial charge in [0.15, 0.2) is 0 Å². The minimum Gasteiger partial charge on any atom is -0.467 e. The van der Waals surface area contributed by atoms with Crippen LogP contribution in [0.2, 0.25) is 0 Å². The second-order valence-corrected chi connectivity index (χ2v) is 5.41. The van der Waals surface area contributed by atoms with Crippen molar-refractivity contribution in [2.24, 2.45) is 5.92 Å². The Morgan fingerprint density at radius 1 is 1.24 bits per heavy atom. The Kier molecular flexibility index (Phi) is 6.39. The minimum absolute atomic E-state index is 0.0965. The summed E-state index contributed by atoms with van der Waals surface area (Å²) in [6, 6.07) is -0.429. The maximum Gasteiger partial charge on any atom is 0.328 e. The molecule has 6 heteroatoms. The van der Waals surface area contributed by atoms with Crippen LogP contribution in [0.15, 0.2) is 0 Å². The standard InChI is InChI=1S/C15H26N4O2/c1-7-8-16-13-10(4)14(18-11(5)17-13)19-12(9(2)3)15(20)21-6/h9,12H,7-8H2,1-6H3,(H2,16,17,18,19). The summed E-state index contributed by atoms with van der Waals surface area (Å²) in [5, 5.41) is 6.47. The predicted molar refractivity (Wildman–Crippen MR) is 84.6 cm³/mol. The molecule has 0 aliphatic carbocycles. The van der Waals surface area contributed by atoms with E-state index in [9.17, 15) is 4.79 Å². The summed E-state index contributed by atoms with van der Waals surface area (Å²) in [6.07, 6.45) is 1.02. The number of methoxy groups -OCH3 is 1. The Balaban J connectivity index is 3.05. The van der Waals surface area contributed by atoms with E-state index < -0.39 is 6.04 Å². The van der Waals surface area contributed by atoms with Crippen LogP contribution in [-0.2, 0) is 9.53 Å². The fourth-order valence-corrected chi connectivity index (χ4v) is 1.96. The van der Waals surface area contributed by atoms with Gasteiger partial charge >= 0.3 is 5.97 Å². The smallest absolute Gasteiger partial charge is 0.328 e. The van der Waals surface area contributed by atoms with Gasteiger partial charge in [-0.25, -0.2) is 14.8 Å². The summed E-state index contributed by atoms with van der Waals surface area (Å²) in [5.74, 6) is 1.95. The second kappa shape index (κ2) is 7.81. The fourth-order valence-electron chi connectivity index (χ4n) is 1.96. The molecule has 0 fully saturated rings. The third kappa shape index (κ3) is 4.58. The maximum atomic E-state index is 11.9. The monoisotopic (exact) mass is 294 g/mol. The lowest BCUT2D eigenvalue weighted by Crippen LogP contribution is -2.36. The topological polar surface area (TPSA) is 76.1 Å². The molecule has 118 valence electrons. The van der Waals surface area contributed by atoms with Crippen molar-refractivity contribution in [2.45, 2.75) is 47.1 Å². The van der Waals surface area contributed by atoms with Crippen molar-refractivity contribution in [1.29, 1.82) is 0 Å². The van der Waals surface area contributed by atoms with Gasteiger partial charge in [0, 0.05) is 12.1 Å². The van der Waals surface area contributed by atoms with E-state index in [1.165, 1.54) is 7.11 Å². The molecule has 2 N–H and O–H groups in total. The van der Waals surface area contributed by atoms with E-state index in [0.29, 0.717) is 11.6 Å². The Bertz CT molecular complexity index is 489. The van der Waals surface area contributed by atoms with Crippen molar-refractivity contribution < 1.29 is 9.53 Å². The third-order valence-electron chi connectivity index (χ3n) is 3.21. The minimum atomic E-state index is -0.429. The van der Waals surface area contributed by atoms with E-state index in [1.54, 1.807) is 0 Å². The number of aromatic nitrogens is 2. The summed E-state index contributed by atoms with van der Waals surface area (Å²) >= 11 is 0. The lowest BCUT2D eigenvalue weighted by atomic mass is 10.0. The molecule has 0 spiro atoms. The summed E-state index contributed by atoms with van der Waals surface area (Å²) in [5.41, 5.74) is 0.906. The first-order valence-corrected chi connectivity index (χ1v) is 7.34. The van der Waals surface area contributed by atoms with Gasteiger partial charge in [-0.15, -0.1) is 0 Å². The van der Waals surface area contributed by atoms with Crippen molar-refractivity contribution in [2.75, 3.05) is 24.3 Å². The molecule has 0 aromatic carbocycles. The van der Waals surface area contributed by atoms with E-state index in [0.717, 1.165) is 24.3 Å². The van der Waals surface area contributed by atoms with Crippen LogP contribution in [0.4, 0.5) is 11.6 Å². The second-order valence-electron chi connectivity index (χ2n) is 5.41. The molecule has 1 aromatic rings. The summed E-state index contributed by atoms with van der Waals surface area (Å²) < 4.78 is 4.85. The molecule has 0 aliphatic heterocycles. The van der Waals surface area contributed by atoms with E-state index >= 15 is 0 Å². The molecule has 1 atom stereocenters. The number of carbonyl (C=O) groups is 1. The molecular weight excluding hydrogens is 268 g/mol. The first kappa shape index (κ1) is 17.2. The number of anilines is 2. The number of ether oxygens (including phenoxy) is 1. The SMILES string of the molecule is CCCNc1nc(C)nc(NC(C(=O)OC)C(C)C)c1C. The van der Waals surface area contributed by atoms with Crippen LogP contribution < -0.4 is 10.6 Å². The highest BCUT2D eigenvalue weighted by Gasteiger charge is 2.24. The van der Waals surface area contributed by atoms with Crippen molar-refractivity contribution in [3.05, 3.63) is 11.4 Å². The maximum absolute atomic E-state index is 11.9. The van der Waals surface area contributed by atoms with Gasteiger partial charge < -0.3 is 15.4 Å². The molecule has 0 aliphatic rings. The molecule has 0 bridgehead atoms. The molecule has 0 amide bonds. The average molecular weight is 294 g/mol. The van der Waals surface area contributed by atoms with Crippen LogP contribution >= 0.6 is 0 Å². The highest BCUT2D eigenvalue weighted by molar-refractivity contribution is 5.79. The highest BCUT2D eigenvalue weighted by Crippen LogP contribution is 2.22. The van der Waals surface area contributed by atoms with Crippen molar-refractivity contribution in [3.8, 4) is 0 Å². The van der Waals surface area contributed by atoms with E-state index in [1.807, 2.05) is 27.7 Å². The van der Waals surface area contributed by atoms with E-state index in [2.05, 4.69) is 27.5 Å². The van der Waals surface area contributed by atoms with Crippen LogP contribution in [-0.4, -0.2) is 35.6 Å². The number of hydrogen-bond donors (Lipinski definition) is 2. The lowest BCUT2D eigenvalue weighted by molar-refractivity contribution is -0.142. The van der Waals surface area contributed by atoms with Crippen molar-refractivity contribution >= 4 is 17.6 Å². The average Bonchev–Trinajstić information content (AvgIpc) is 2.44. The molecule has 1 unspecified atom stereocenters. The zero-order valence-electron chi connectivity index (χ0n) is 13.8. The largest absolute Gasteiger partial charge is 0.467 e. The van der Waals surface area contributed by atoms with Gasteiger partial charge in [-0.05, 0) is 26.2 Å². The summed E-state index contributed by atoms with van der Waals surface area (Å²) in [4.78, 5) is 20.7. The van der Waals surface area contributed by atoms with Crippen LogP contribution in [0.1, 0.15) is 38.6 Å². The molecule has 0 saturated heterocycles. The predicted octanol–water partition coefficient (Wildman–Crippen LogP) is 2.52. The molecule has 1 aromatic heterocycles. The normalized spacial score (nSPS) is 12.1. The third-order valence-corrected chi connectivity index (χ3v) is 3.21. The van der Waals surface area contributed by atoms with E-state index in [-0.39, 0.29) is 11.9 Å². The number of rotatable bonds is 7. The van der Waals surface area contributed by atoms with Crippen molar-refractivity contribution in [1.82, 2.24) is 9.97 Å². The number of hydrogen-bond acceptors (Lipinski definition) is 6. The van der Waals surface area contributed by atoms with Gasteiger partial charge in [0.1, 0.15) is 23.5 Å². The molecule has 6 nitrogen and oxygen atoms in total. The lowest BCUT2D eigenvalue weighted by Gasteiger charge is -2.22. The van der Waals surface area contributed by atoms with Crippen molar-refractivity contribution in [3.63, 3.8) is 0 Å². The Morgan fingerprint density at radius 2 is 1.86 bits per heavy atom. The van der Waals surface area contributed by atoms with Crippen LogP contribution in [0.5, 0.6) is 0 Å². The number of nitrogens with one attached hydrogen (secondary N) is 2. The first-order chi connectivity index (χ1) is 9.90. The number of nitrogens with zero attached hydrogens (tertiary/aromatic N) is 2. The number of esters is 1. The Labute approximate surface area is 126 Å². The fraction of sp³-hybridized carbons (Fsp3) is 0.667. The van der Waals surface area contributed by atoms with Gasteiger partial charge in [-0.3, -0.25) is 0 Å². The van der Waals surface area contributed by atoms with Gasteiger partial charge in [-0.2, -0.15) is 0 Å². The zero-order chi connectivity index (χ0) is 16.0. The first-order valence-electron chi connectivity index (χ1n) is 7.34. The highest BCUT2D eigenvalue weighted by atomic mass is 16.5. The van der Waals surface area contributed by atoms with Gasteiger partial charge in [0.25, 0.3) is 0 Å². The summed E-state index contributed by atoms with van der Waals surface area (Å²) in [7, 11) is 1.39. The molecular formula is C15H26N4O2. The van der Waals surface area contributed by atoms with Gasteiger partial charge in [-0.1, -0.05) is 20.8 Å². The van der Waals surface area contributed by atoms with Gasteiger partial charge in [0.2, 0.25) is 0 Å². The molecule has 0 saturated carbocycles. The van der Waals surface area contributed by atoms with Crippen LogP contribution in [0, 0.1) is 19.8 Å². The van der Waals surface area contributed by atoms with Crippen LogP contribution in [0.3, 0.4) is 0 Å². The van der Waals surface area contributed by atoms with Crippen LogP contribution in [0.25, 0.3) is 0 Å². The number of aryl methyl sites for hydroxylation is 1. The number of carbonyl (C=O) groups excluding carboxylic acids is 1. The molecule has 21 heavy (non-hydrogen) atoms. The molecule has 1 heterocycles. The van der Waals surface area contributed by atoms with E-state index in [4.69, 9.17) is 4.74 Å². The molecule has 1 rings (SSSR count). The van der Waals surface area contributed by atoms with Gasteiger partial charge in [0.05, 0.1) is 7.11 Å².